The van der Waals surface area contributed by atoms with Crippen LogP contribution >= 0.6 is 0 Å². The van der Waals surface area contributed by atoms with Gasteiger partial charge in [0, 0.05) is 37.3 Å². The van der Waals surface area contributed by atoms with Crippen LogP contribution in [0.1, 0.15) is 28.5 Å². The standard InChI is InChI=1S/C21H23F4N5O3/c1-12(10-31)6-27-18(32)17-15-9-30(29-16(15)3-4-26-17)8-14-5-13(2)19(28-7-14)33-11-21(24,25)20(22)23/h3-5,7,9,12,20,31H,6,8,10-11H2,1-2H3,(H,27,32)/t12-/m1/s1. The number of alkyl halides is 4. The SMILES string of the molecule is Cc1cc(Cn2cc3c(C(=O)NC[C@@H](C)CO)nccc3n2)cnc1OCC(F)(F)C(F)F. The van der Waals surface area contributed by atoms with Gasteiger partial charge in [0.15, 0.2) is 6.61 Å². The number of aliphatic hydroxyl groups is 1. The summed E-state index contributed by atoms with van der Waals surface area (Å²) in [4.78, 5) is 20.6. The zero-order chi connectivity index (χ0) is 24.2. The average Bonchev–Trinajstić information content (AvgIpc) is 3.18. The van der Waals surface area contributed by atoms with Gasteiger partial charge in [-0.25, -0.2) is 13.8 Å². The molecule has 178 valence electrons. The van der Waals surface area contributed by atoms with Crippen LogP contribution in [0.2, 0.25) is 0 Å². The third-order valence-corrected chi connectivity index (χ3v) is 4.77. The molecule has 3 rings (SSSR count). The quantitative estimate of drug-likeness (QED) is 0.443. The highest BCUT2D eigenvalue weighted by molar-refractivity contribution is 6.04. The fourth-order valence-corrected chi connectivity index (χ4v) is 2.94. The fraction of sp³-hybridized carbons (Fsp3) is 0.429. The van der Waals surface area contributed by atoms with Gasteiger partial charge in [0.1, 0.15) is 5.69 Å². The van der Waals surface area contributed by atoms with E-state index in [1.165, 1.54) is 12.4 Å². The van der Waals surface area contributed by atoms with Crippen LogP contribution in [0.4, 0.5) is 17.6 Å². The Morgan fingerprint density at radius 3 is 2.76 bits per heavy atom. The highest BCUT2D eigenvalue weighted by atomic mass is 19.3. The second kappa shape index (κ2) is 10.1. The zero-order valence-electron chi connectivity index (χ0n) is 17.9. The highest BCUT2D eigenvalue weighted by Gasteiger charge is 2.42. The molecule has 3 aromatic heterocycles. The lowest BCUT2D eigenvalue weighted by Crippen LogP contribution is -2.34. The lowest BCUT2D eigenvalue weighted by atomic mass is 10.2. The lowest BCUT2D eigenvalue weighted by Gasteiger charge is -2.16. The van der Waals surface area contributed by atoms with Gasteiger partial charge in [0.25, 0.3) is 5.91 Å². The molecule has 0 aliphatic rings. The normalized spacial score (nSPS) is 12.8. The average molecular weight is 469 g/mol. The Hall–Kier alpha value is -3.28. The molecule has 0 aliphatic carbocycles. The minimum atomic E-state index is -4.27. The largest absolute Gasteiger partial charge is 0.471 e. The van der Waals surface area contributed by atoms with Crippen molar-refractivity contribution in [2.75, 3.05) is 19.8 Å². The number of aromatic nitrogens is 4. The fourth-order valence-electron chi connectivity index (χ4n) is 2.94. The van der Waals surface area contributed by atoms with Crippen LogP contribution in [-0.2, 0) is 6.54 Å². The van der Waals surface area contributed by atoms with E-state index in [4.69, 9.17) is 9.84 Å². The summed E-state index contributed by atoms with van der Waals surface area (Å²) >= 11 is 0. The van der Waals surface area contributed by atoms with E-state index in [-0.39, 0.29) is 36.6 Å². The molecule has 1 amide bonds. The van der Waals surface area contributed by atoms with Gasteiger partial charge < -0.3 is 15.2 Å². The second-order valence-electron chi connectivity index (χ2n) is 7.73. The highest BCUT2D eigenvalue weighted by Crippen LogP contribution is 2.25. The maximum atomic E-state index is 13.1. The number of fused-ring (bicyclic) bond motifs is 1. The molecule has 0 spiro atoms. The van der Waals surface area contributed by atoms with Crippen molar-refractivity contribution >= 4 is 16.8 Å². The van der Waals surface area contributed by atoms with Gasteiger partial charge in [-0.15, -0.1) is 0 Å². The first kappa shape index (κ1) is 24.4. The minimum Gasteiger partial charge on any atom is -0.471 e. The van der Waals surface area contributed by atoms with E-state index >= 15 is 0 Å². The molecule has 0 aromatic carbocycles. The lowest BCUT2D eigenvalue weighted by molar-refractivity contribution is -0.148. The molecule has 8 nitrogen and oxygen atoms in total. The minimum absolute atomic E-state index is 0.0538. The number of halogens is 4. The molecule has 0 saturated heterocycles. The summed E-state index contributed by atoms with van der Waals surface area (Å²) in [5, 5.41) is 16.8. The Kier molecular flexibility index (Phi) is 7.46. The molecule has 1 atom stereocenters. The maximum Gasteiger partial charge on any atom is 0.340 e. The molecular weight excluding hydrogens is 446 g/mol. The van der Waals surface area contributed by atoms with Crippen molar-refractivity contribution in [2.24, 2.45) is 5.92 Å². The predicted molar refractivity (Wildman–Crippen MR) is 111 cm³/mol. The Bertz CT molecular complexity index is 1120. The van der Waals surface area contributed by atoms with Gasteiger partial charge in [0.2, 0.25) is 5.88 Å². The number of aliphatic hydroxyl groups excluding tert-OH is 1. The first-order chi connectivity index (χ1) is 15.6. The molecule has 0 bridgehead atoms. The third kappa shape index (κ3) is 5.95. The molecule has 0 saturated carbocycles. The van der Waals surface area contributed by atoms with Crippen LogP contribution in [-0.4, -0.2) is 62.9 Å². The van der Waals surface area contributed by atoms with Gasteiger partial charge in [-0.2, -0.15) is 13.9 Å². The van der Waals surface area contributed by atoms with Crippen LogP contribution < -0.4 is 10.1 Å². The number of nitrogens with one attached hydrogen (secondary N) is 1. The molecule has 0 radical (unpaired) electrons. The van der Waals surface area contributed by atoms with E-state index in [1.807, 2.05) is 0 Å². The Morgan fingerprint density at radius 1 is 1.33 bits per heavy atom. The first-order valence-corrected chi connectivity index (χ1v) is 10.1. The van der Waals surface area contributed by atoms with Gasteiger partial charge in [-0.3, -0.25) is 14.5 Å². The monoisotopic (exact) mass is 469 g/mol. The van der Waals surface area contributed by atoms with Crippen molar-refractivity contribution in [1.82, 2.24) is 25.1 Å². The number of ether oxygens (including phenoxy) is 1. The smallest absolute Gasteiger partial charge is 0.340 e. The van der Waals surface area contributed by atoms with Crippen molar-refractivity contribution in [3.8, 4) is 5.88 Å². The Labute approximate surface area is 186 Å². The maximum absolute atomic E-state index is 13.1. The zero-order valence-corrected chi connectivity index (χ0v) is 17.9. The number of carbonyl (C=O) groups is 1. The van der Waals surface area contributed by atoms with E-state index in [9.17, 15) is 22.4 Å². The summed E-state index contributed by atoms with van der Waals surface area (Å²) in [5.41, 5.74) is 1.80. The van der Waals surface area contributed by atoms with Crippen molar-refractivity contribution < 1.29 is 32.2 Å². The van der Waals surface area contributed by atoms with Crippen LogP contribution in [0.15, 0.2) is 30.7 Å². The van der Waals surface area contributed by atoms with Crippen molar-refractivity contribution in [1.29, 1.82) is 0 Å². The van der Waals surface area contributed by atoms with Crippen LogP contribution in [0.5, 0.6) is 5.88 Å². The van der Waals surface area contributed by atoms with Crippen LogP contribution in [0, 0.1) is 12.8 Å². The number of amides is 1. The topological polar surface area (TPSA) is 102 Å². The summed E-state index contributed by atoms with van der Waals surface area (Å²) < 4.78 is 57.0. The van der Waals surface area contributed by atoms with E-state index in [1.54, 1.807) is 36.9 Å². The number of aryl methyl sites for hydroxylation is 1. The summed E-state index contributed by atoms with van der Waals surface area (Å²) in [6.45, 7) is 2.37. The van der Waals surface area contributed by atoms with E-state index in [2.05, 4.69) is 20.4 Å². The number of pyridine rings is 2. The number of hydrogen-bond acceptors (Lipinski definition) is 6. The summed E-state index contributed by atoms with van der Waals surface area (Å²) in [7, 11) is 0. The van der Waals surface area contributed by atoms with E-state index in [0.29, 0.717) is 28.6 Å². The Balaban J connectivity index is 1.73. The van der Waals surface area contributed by atoms with Crippen molar-refractivity contribution in [3.05, 3.63) is 47.5 Å². The van der Waals surface area contributed by atoms with E-state index < -0.39 is 19.0 Å². The van der Waals surface area contributed by atoms with Gasteiger partial charge in [-0.05, 0) is 30.5 Å². The predicted octanol–water partition coefficient (Wildman–Crippen LogP) is 2.82. The molecule has 33 heavy (non-hydrogen) atoms. The molecule has 0 fully saturated rings. The van der Waals surface area contributed by atoms with Gasteiger partial charge in [0.05, 0.1) is 17.4 Å². The number of rotatable bonds is 10. The number of hydrogen-bond donors (Lipinski definition) is 2. The van der Waals surface area contributed by atoms with Gasteiger partial charge >= 0.3 is 12.3 Å². The summed E-state index contributed by atoms with van der Waals surface area (Å²) in [5.74, 6) is -4.92. The first-order valence-electron chi connectivity index (χ1n) is 10.1. The Morgan fingerprint density at radius 2 is 2.09 bits per heavy atom. The molecule has 0 aliphatic heterocycles. The molecule has 2 N–H and O–H groups in total. The summed E-state index contributed by atoms with van der Waals surface area (Å²) in [6.07, 6.45) is 0.662. The van der Waals surface area contributed by atoms with E-state index in [0.717, 1.165) is 0 Å². The van der Waals surface area contributed by atoms with Crippen molar-refractivity contribution in [3.63, 3.8) is 0 Å². The molecule has 3 heterocycles. The van der Waals surface area contributed by atoms with Crippen molar-refractivity contribution in [2.45, 2.75) is 32.7 Å². The number of nitrogens with zero attached hydrogens (tertiary/aromatic N) is 4. The van der Waals surface area contributed by atoms with Gasteiger partial charge in [-0.1, -0.05) is 6.92 Å². The van der Waals surface area contributed by atoms with Crippen LogP contribution in [0.3, 0.4) is 0 Å². The third-order valence-electron chi connectivity index (χ3n) is 4.77. The second-order valence-corrected chi connectivity index (χ2v) is 7.73. The molecular formula is C21H23F4N5O3. The molecule has 0 unspecified atom stereocenters. The van der Waals surface area contributed by atoms with Crippen LogP contribution in [0.25, 0.3) is 10.9 Å². The molecule has 3 aromatic rings. The summed E-state index contributed by atoms with van der Waals surface area (Å²) in [6, 6.07) is 3.28. The number of carbonyl (C=O) groups excluding carboxylic acids is 1. The molecule has 12 heteroatoms.